The Morgan fingerprint density at radius 3 is 2.15 bits per heavy atom. The van der Waals surface area contributed by atoms with Gasteiger partial charge < -0.3 is 4.74 Å². The summed E-state index contributed by atoms with van der Waals surface area (Å²) >= 11 is 15.0. The van der Waals surface area contributed by atoms with Gasteiger partial charge in [0.15, 0.2) is 0 Å². The summed E-state index contributed by atoms with van der Waals surface area (Å²) in [6.45, 7) is 0. The molecular formula is C12H8BrCl2NO3S. The second-order valence-corrected chi connectivity index (χ2v) is 7.13. The van der Waals surface area contributed by atoms with Crippen LogP contribution in [0.2, 0.25) is 10.0 Å². The third kappa shape index (κ3) is 3.86. The monoisotopic (exact) mass is 395 g/mol. The molecule has 0 heterocycles. The fourth-order valence-corrected chi connectivity index (χ4v) is 3.11. The number of primary sulfonamides is 1. The standard InChI is InChI=1S/C12H8BrCl2NO3S/c13-11-6-10(20(16,17)18)1-2-12(11)19-9-4-7(14)3-8(15)5-9/h1-6H,(H2,16,17,18). The summed E-state index contributed by atoms with van der Waals surface area (Å²) in [6, 6.07) is 8.95. The zero-order valence-corrected chi connectivity index (χ0v) is 13.7. The molecule has 0 spiro atoms. The Morgan fingerprint density at radius 1 is 1.05 bits per heavy atom. The van der Waals surface area contributed by atoms with E-state index in [1.165, 1.54) is 18.2 Å². The molecule has 4 nitrogen and oxygen atoms in total. The second-order valence-electron chi connectivity index (χ2n) is 3.84. The molecule has 0 bridgehead atoms. The molecular weight excluding hydrogens is 389 g/mol. The third-order valence-electron chi connectivity index (χ3n) is 2.30. The van der Waals surface area contributed by atoms with E-state index < -0.39 is 10.0 Å². The summed E-state index contributed by atoms with van der Waals surface area (Å²) in [5, 5.41) is 5.91. The van der Waals surface area contributed by atoms with Crippen LogP contribution < -0.4 is 9.88 Å². The van der Waals surface area contributed by atoms with Crippen LogP contribution in [0.3, 0.4) is 0 Å². The zero-order chi connectivity index (χ0) is 14.9. The summed E-state index contributed by atoms with van der Waals surface area (Å²) in [7, 11) is -3.76. The Hall–Kier alpha value is -0.790. The predicted octanol–water partition coefficient (Wildman–Crippen LogP) is 4.20. The van der Waals surface area contributed by atoms with E-state index in [9.17, 15) is 8.42 Å². The molecule has 0 fully saturated rings. The van der Waals surface area contributed by atoms with Crippen molar-refractivity contribution in [1.82, 2.24) is 0 Å². The number of nitrogens with two attached hydrogens (primary N) is 1. The predicted molar refractivity (Wildman–Crippen MR) is 82.1 cm³/mol. The van der Waals surface area contributed by atoms with Gasteiger partial charge in [-0.15, -0.1) is 0 Å². The lowest BCUT2D eigenvalue weighted by molar-refractivity contribution is 0.479. The van der Waals surface area contributed by atoms with Crippen molar-refractivity contribution in [3.8, 4) is 11.5 Å². The van der Waals surface area contributed by atoms with Crippen LogP contribution in [0.4, 0.5) is 0 Å². The van der Waals surface area contributed by atoms with Crippen molar-refractivity contribution in [2.24, 2.45) is 5.14 Å². The van der Waals surface area contributed by atoms with Gasteiger partial charge >= 0.3 is 0 Å². The molecule has 0 aliphatic carbocycles. The van der Waals surface area contributed by atoms with Crippen LogP contribution in [0.15, 0.2) is 45.8 Å². The van der Waals surface area contributed by atoms with Crippen LogP contribution in [0.5, 0.6) is 11.5 Å². The van der Waals surface area contributed by atoms with Gasteiger partial charge in [-0.05, 0) is 52.3 Å². The smallest absolute Gasteiger partial charge is 0.238 e. The fraction of sp³-hybridized carbons (Fsp3) is 0. The normalized spacial score (nSPS) is 11.4. The van der Waals surface area contributed by atoms with Crippen LogP contribution in [-0.4, -0.2) is 8.42 Å². The summed E-state index contributed by atoms with van der Waals surface area (Å²) < 4.78 is 28.5. The Labute approximate surface area is 134 Å². The number of sulfonamides is 1. The van der Waals surface area contributed by atoms with E-state index in [0.29, 0.717) is 26.0 Å². The second kappa shape index (κ2) is 5.91. The molecule has 0 aromatic heterocycles. The van der Waals surface area contributed by atoms with Crippen LogP contribution in [0, 0.1) is 0 Å². The van der Waals surface area contributed by atoms with Crippen LogP contribution >= 0.6 is 39.1 Å². The highest BCUT2D eigenvalue weighted by atomic mass is 79.9. The summed E-state index contributed by atoms with van der Waals surface area (Å²) in [5.41, 5.74) is 0. The number of benzene rings is 2. The number of rotatable bonds is 3. The van der Waals surface area contributed by atoms with Gasteiger partial charge in [-0.1, -0.05) is 23.2 Å². The molecule has 0 aliphatic heterocycles. The van der Waals surface area contributed by atoms with E-state index >= 15 is 0 Å². The highest BCUT2D eigenvalue weighted by Gasteiger charge is 2.12. The zero-order valence-electron chi connectivity index (χ0n) is 9.81. The Morgan fingerprint density at radius 2 is 1.65 bits per heavy atom. The largest absolute Gasteiger partial charge is 0.456 e. The van der Waals surface area contributed by atoms with Gasteiger partial charge in [0.2, 0.25) is 10.0 Å². The van der Waals surface area contributed by atoms with E-state index in [-0.39, 0.29) is 4.90 Å². The highest BCUT2D eigenvalue weighted by molar-refractivity contribution is 9.10. The van der Waals surface area contributed by atoms with Gasteiger partial charge in [0.1, 0.15) is 11.5 Å². The van der Waals surface area contributed by atoms with Crippen molar-refractivity contribution in [2.45, 2.75) is 4.90 Å². The average Bonchev–Trinajstić information content (AvgIpc) is 2.29. The first kappa shape index (κ1) is 15.6. The first-order valence-corrected chi connectivity index (χ1v) is 8.31. The molecule has 2 rings (SSSR count). The Bertz CT molecular complexity index is 745. The molecule has 0 saturated heterocycles. The van der Waals surface area contributed by atoms with E-state index in [1.807, 2.05) is 0 Å². The summed E-state index contributed by atoms with van der Waals surface area (Å²) in [6.07, 6.45) is 0. The Kier molecular flexibility index (Phi) is 4.61. The summed E-state index contributed by atoms with van der Waals surface area (Å²) in [4.78, 5) is -0.0131. The molecule has 2 N–H and O–H groups in total. The maximum Gasteiger partial charge on any atom is 0.238 e. The molecule has 0 amide bonds. The molecule has 0 atom stereocenters. The molecule has 0 unspecified atom stereocenters. The highest BCUT2D eigenvalue weighted by Crippen LogP contribution is 2.33. The van der Waals surface area contributed by atoms with Crippen molar-refractivity contribution < 1.29 is 13.2 Å². The van der Waals surface area contributed by atoms with Gasteiger partial charge in [0.05, 0.1) is 9.37 Å². The van der Waals surface area contributed by atoms with E-state index in [1.54, 1.807) is 18.2 Å². The topological polar surface area (TPSA) is 69.4 Å². The molecule has 0 aliphatic rings. The van der Waals surface area contributed by atoms with Crippen molar-refractivity contribution in [3.05, 3.63) is 50.9 Å². The lowest BCUT2D eigenvalue weighted by atomic mass is 10.3. The lowest BCUT2D eigenvalue weighted by Gasteiger charge is -2.09. The Balaban J connectivity index is 2.35. The quantitative estimate of drug-likeness (QED) is 0.845. The number of halogens is 3. The van der Waals surface area contributed by atoms with Gasteiger partial charge in [0.25, 0.3) is 0 Å². The van der Waals surface area contributed by atoms with Crippen LogP contribution in [0.1, 0.15) is 0 Å². The van der Waals surface area contributed by atoms with E-state index in [4.69, 9.17) is 33.1 Å². The first-order chi connectivity index (χ1) is 9.25. The minimum Gasteiger partial charge on any atom is -0.456 e. The molecule has 0 saturated carbocycles. The summed E-state index contributed by atoms with van der Waals surface area (Å²) in [5.74, 6) is 0.849. The van der Waals surface area contributed by atoms with Crippen molar-refractivity contribution in [3.63, 3.8) is 0 Å². The SMILES string of the molecule is NS(=O)(=O)c1ccc(Oc2cc(Cl)cc(Cl)c2)c(Br)c1. The number of ether oxygens (including phenoxy) is 1. The molecule has 2 aromatic rings. The van der Waals surface area contributed by atoms with Gasteiger partial charge in [-0.25, -0.2) is 13.6 Å². The lowest BCUT2D eigenvalue weighted by Crippen LogP contribution is -2.11. The first-order valence-electron chi connectivity index (χ1n) is 5.22. The van der Waals surface area contributed by atoms with Gasteiger partial charge in [0, 0.05) is 10.0 Å². The molecule has 20 heavy (non-hydrogen) atoms. The maximum atomic E-state index is 11.2. The van der Waals surface area contributed by atoms with Crippen molar-refractivity contribution in [1.29, 1.82) is 0 Å². The maximum absolute atomic E-state index is 11.2. The van der Waals surface area contributed by atoms with Crippen LogP contribution in [-0.2, 0) is 10.0 Å². The fourth-order valence-electron chi connectivity index (χ4n) is 1.46. The molecule has 106 valence electrons. The third-order valence-corrected chi connectivity index (χ3v) is 4.26. The minimum absolute atomic E-state index is 0.0131. The van der Waals surface area contributed by atoms with Crippen molar-refractivity contribution >= 4 is 49.2 Å². The minimum atomic E-state index is -3.76. The van der Waals surface area contributed by atoms with Gasteiger partial charge in [-0.3, -0.25) is 0 Å². The number of hydrogen-bond acceptors (Lipinski definition) is 3. The van der Waals surface area contributed by atoms with E-state index in [2.05, 4.69) is 15.9 Å². The van der Waals surface area contributed by atoms with Gasteiger partial charge in [-0.2, -0.15) is 0 Å². The van der Waals surface area contributed by atoms with Crippen molar-refractivity contribution in [2.75, 3.05) is 0 Å². The molecule has 2 aromatic carbocycles. The molecule has 0 radical (unpaired) electrons. The van der Waals surface area contributed by atoms with Crippen LogP contribution in [0.25, 0.3) is 0 Å². The average molecular weight is 397 g/mol. The number of hydrogen-bond donors (Lipinski definition) is 1. The molecule has 8 heteroatoms. The van der Waals surface area contributed by atoms with E-state index in [0.717, 1.165) is 0 Å².